The van der Waals surface area contributed by atoms with E-state index in [2.05, 4.69) is 5.29 Å². The molecule has 0 N–H and O–H groups in total. The van der Waals surface area contributed by atoms with Gasteiger partial charge >= 0.3 is 6.03 Å². The van der Waals surface area contributed by atoms with Gasteiger partial charge in [-0.3, -0.25) is 0 Å². The molecule has 5 nitrogen and oxygen atoms in total. The lowest BCUT2D eigenvalue weighted by atomic mass is 10.4. The van der Waals surface area contributed by atoms with Gasteiger partial charge in [-0.15, -0.1) is 4.91 Å². The molecule has 0 saturated heterocycles. The maximum atomic E-state index is 11.7. The van der Waals surface area contributed by atoms with E-state index in [1.54, 1.807) is 11.9 Å². The van der Waals surface area contributed by atoms with E-state index < -0.39 is 0 Å². The van der Waals surface area contributed by atoms with Crippen molar-refractivity contribution in [2.45, 2.75) is 31.7 Å². The van der Waals surface area contributed by atoms with Crippen molar-refractivity contribution in [3.8, 4) is 0 Å². The number of amides is 2. The van der Waals surface area contributed by atoms with Crippen LogP contribution in [0.1, 0.15) is 25.7 Å². The van der Waals surface area contributed by atoms with Crippen LogP contribution >= 0.6 is 0 Å². The summed E-state index contributed by atoms with van der Waals surface area (Å²) in [5.74, 6) is 0.650. The van der Waals surface area contributed by atoms with E-state index in [0.29, 0.717) is 5.92 Å². The molecule has 2 amide bonds. The largest absolute Gasteiger partial charge is 0.343 e. The minimum atomic E-state index is -0.241. The minimum Gasteiger partial charge on any atom is -0.326 e. The molecule has 0 heterocycles. The molecule has 2 saturated carbocycles. The lowest BCUT2D eigenvalue weighted by Crippen LogP contribution is -2.40. The highest BCUT2D eigenvalue weighted by Crippen LogP contribution is 2.31. The summed E-state index contributed by atoms with van der Waals surface area (Å²) in [5, 5.41) is 3.88. The van der Waals surface area contributed by atoms with Crippen LogP contribution in [0.2, 0.25) is 0 Å². The fourth-order valence-electron chi connectivity index (χ4n) is 1.52. The summed E-state index contributed by atoms with van der Waals surface area (Å²) < 4.78 is 0. The minimum absolute atomic E-state index is 0.0710. The van der Waals surface area contributed by atoms with Crippen molar-refractivity contribution in [2.24, 2.45) is 11.2 Å². The Hall–Kier alpha value is -1.13. The summed E-state index contributed by atoms with van der Waals surface area (Å²) >= 11 is 0. The average Bonchev–Trinajstić information content (AvgIpc) is 2.98. The number of nitrogens with zero attached hydrogens (tertiary/aromatic N) is 3. The molecule has 0 radical (unpaired) electrons. The smallest absolute Gasteiger partial charge is 0.326 e. The van der Waals surface area contributed by atoms with Crippen molar-refractivity contribution >= 4 is 6.03 Å². The molecule has 2 rings (SSSR count). The highest BCUT2D eigenvalue weighted by molar-refractivity contribution is 5.74. The van der Waals surface area contributed by atoms with Gasteiger partial charge in [0, 0.05) is 13.6 Å². The third kappa shape index (κ3) is 2.02. The van der Waals surface area contributed by atoms with Crippen molar-refractivity contribution in [3.63, 3.8) is 0 Å². The second-order valence-electron chi connectivity index (χ2n) is 4.26. The summed E-state index contributed by atoms with van der Waals surface area (Å²) in [6.45, 7) is 0.761. The third-order valence-electron chi connectivity index (χ3n) is 2.73. The molecular weight excluding hydrogens is 182 g/mol. The molecule has 2 aliphatic rings. The number of nitroso groups, excluding NO2 is 1. The van der Waals surface area contributed by atoms with Crippen LogP contribution in [-0.4, -0.2) is 35.6 Å². The molecule has 0 aromatic heterocycles. The van der Waals surface area contributed by atoms with Gasteiger partial charge in [0.05, 0.1) is 11.3 Å². The molecule has 2 aliphatic carbocycles. The first-order chi connectivity index (χ1) is 6.72. The van der Waals surface area contributed by atoms with E-state index in [-0.39, 0.29) is 12.1 Å². The Morgan fingerprint density at radius 1 is 1.36 bits per heavy atom. The van der Waals surface area contributed by atoms with Gasteiger partial charge in [-0.25, -0.2) is 4.79 Å². The predicted molar refractivity (Wildman–Crippen MR) is 51.4 cm³/mol. The molecule has 78 valence electrons. The Kier molecular flexibility index (Phi) is 2.39. The fourth-order valence-corrected chi connectivity index (χ4v) is 1.52. The maximum Gasteiger partial charge on any atom is 0.343 e. The summed E-state index contributed by atoms with van der Waals surface area (Å²) in [7, 11) is 1.74. The average molecular weight is 197 g/mol. The SMILES string of the molecule is CN(CC1CC1)C(=O)N(N=O)C1CC1. The molecule has 2 fully saturated rings. The topological polar surface area (TPSA) is 53.0 Å². The lowest BCUT2D eigenvalue weighted by Gasteiger charge is -2.21. The van der Waals surface area contributed by atoms with Gasteiger partial charge in [0.25, 0.3) is 0 Å². The van der Waals surface area contributed by atoms with Gasteiger partial charge in [-0.1, -0.05) is 0 Å². The van der Waals surface area contributed by atoms with Gasteiger partial charge in [-0.2, -0.15) is 5.01 Å². The van der Waals surface area contributed by atoms with Gasteiger partial charge in [0.1, 0.15) is 0 Å². The summed E-state index contributed by atoms with van der Waals surface area (Å²) in [5.41, 5.74) is 0. The van der Waals surface area contributed by atoms with Gasteiger partial charge in [-0.05, 0) is 31.6 Å². The molecule has 0 bridgehead atoms. The number of hydrogen-bond acceptors (Lipinski definition) is 3. The summed E-state index contributed by atoms with van der Waals surface area (Å²) in [4.78, 5) is 23.7. The highest BCUT2D eigenvalue weighted by Gasteiger charge is 2.36. The number of carbonyl (C=O) groups excluding carboxylic acids is 1. The van der Waals surface area contributed by atoms with Crippen molar-refractivity contribution in [2.75, 3.05) is 13.6 Å². The van der Waals surface area contributed by atoms with E-state index in [4.69, 9.17) is 0 Å². The predicted octanol–water partition coefficient (Wildman–Crippen LogP) is 1.59. The van der Waals surface area contributed by atoms with Crippen LogP contribution in [-0.2, 0) is 0 Å². The summed E-state index contributed by atoms with van der Waals surface area (Å²) in [6.07, 6.45) is 4.23. The Morgan fingerprint density at radius 3 is 2.43 bits per heavy atom. The van der Waals surface area contributed by atoms with E-state index in [9.17, 15) is 9.70 Å². The van der Waals surface area contributed by atoms with Crippen LogP contribution in [0.4, 0.5) is 4.79 Å². The van der Waals surface area contributed by atoms with Crippen LogP contribution in [0.25, 0.3) is 0 Å². The van der Waals surface area contributed by atoms with Crippen LogP contribution in [0.5, 0.6) is 0 Å². The van der Waals surface area contributed by atoms with Gasteiger partial charge in [0.2, 0.25) is 0 Å². The Balaban J connectivity index is 1.86. The van der Waals surface area contributed by atoms with Gasteiger partial charge in [0.15, 0.2) is 0 Å². The molecule has 0 aliphatic heterocycles. The van der Waals surface area contributed by atoms with Crippen molar-refractivity contribution in [1.29, 1.82) is 0 Å². The van der Waals surface area contributed by atoms with Crippen LogP contribution in [0.15, 0.2) is 5.29 Å². The number of rotatable bonds is 4. The second-order valence-corrected chi connectivity index (χ2v) is 4.26. The summed E-state index contributed by atoms with van der Waals surface area (Å²) in [6, 6.07) is -0.170. The first-order valence-corrected chi connectivity index (χ1v) is 5.10. The van der Waals surface area contributed by atoms with Crippen LogP contribution in [0.3, 0.4) is 0 Å². The van der Waals surface area contributed by atoms with Crippen molar-refractivity contribution < 1.29 is 4.79 Å². The molecular formula is C9H15N3O2. The highest BCUT2D eigenvalue weighted by atomic mass is 16.3. The molecule has 5 heteroatoms. The molecule has 0 atom stereocenters. The van der Waals surface area contributed by atoms with Crippen LogP contribution in [0, 0.1) is 10.8 Å². The van der Waals surface area contributed by atoms with Crippen molar-refractivity contribution in [3.05, 3.63) is 4.91 Å². The zero-order valence-corrected chi connectivity index (χ0v) is 8.35. The van der Waals surface area contributed by atoms with E-state index >= 15 is 0 Å². The molecule has 0 aromatic carbocycles. The number of carbonyl (C=O) groups is 1. The van der Waals surface area contributed by atoms with Gasteiger partial charge < -0.3 is 4.90 Å². The molecule has 0 aromatic rings. The lowest BCUT2D eigenvalue weighted by molar-refractivity contribution is 0.159. The first kappa shape index (κ1) is 9.43. The Bertz CT molecular complexity index is 248. The van der Waals surface area contributed by atoms with E-state index in [1.807, 2.05) is 0 Å². The number of hydrogen-bond donors (Lipinski definition) is 0. The second kappa shape index (κ2) is 3.55. The van der Waals surface area contributed by atoms with Crippen LogP contribution < -0.4 is 0 Å². The van der Waals surface area contributed by atoms with Crippen molar-refractivity contribution in [1.82, 2.24) is 9.91 Å². The Labute approximate surface area is 83.0 Å². The standard InChI is InChI=1S/C9H15N3O2/c1-11(6-7-2-3-7)9(13)12(10-14)8-4-5-8/h7-8H,2-6H2,1H3. The normalized spacial score (nSPS) is 20.4. The third-order valence-corrected chi connectivity index (χ3v) is 2.73. The quantitative estimate of drug-likeness (QED) is 0.507. The van der Waals surface area contributed by atoms with E-state index in [0.717, 1.165) is 24.4 Å². The fraction of sp³-hybridized carbons (Fsp3) is 0.889. The monoisotopic (exact) mass is 197 g/mol. The molecule has 0 spiro atoms. The zero-order chi connectivity index (χ0) is 10.1. The number of urea groups is 1. The Morgan fingerprint density at radius 2 is 2.00 bits per heavy atom. The maximum absolute atomic E-state index is 11.7. The zero-order valence-electron chi connectivity index (χ0n) is 8.35. The molecule has 14 heavy (non-hydrogen) atoms. The first-order valence-electron chi connectivity index (χ1n) is 5.10. The molecule has 0 unspecified atom stereocenters. The van der Waals surface area contributed by atoms with E-state index in [1.165, 1.54) is 12.8 Å².